The molecule has 1 fully saturated rings. The van der Waals surface area contributed by atoms with Gasteiger partial charge in [0.2, 0.25) is 0 Å². The second kappa shape index (κ2) is 5.69. The Morgan fingerprint density at radius 3 is 2.79 bits per heavy atom. The minimum Gasteiger partial charge on any atom is -0.383 e. The zero-order valence-corrected chi connectivity index (χ0v) is 9.64. The van der Waals surface area contributed by atoms with Gasteiger partial charge in [0, 0.05) is 25.8 Å². The van der Waals surface area contributed by atoms with Gasteiger partial charge in [0.25, 0.3) is 0 Å². The van der Waals surface area contributed by atoms with Crippen molar-refractivity contribution in [1.82, 2.24) is 5.32 Å². The molecule has 0 aromatic rings. The maximum absolute atomic E-state index is 5.65. The summed E-state index contributed by atoms with van der Waals surface area (Å²) in [6, 6.07) is 0. The van der Waals surface area contributed by atoms with E-state index in [-0.39, 0.29) is 5.54 Å². The van der Waals surface area contributed by atoms with Crippen molar-refractivity contribution in [3.05, 3.63) is 0 Å². The first kappa shape index (κ1) is 12.0. The highest BCUT2D eigenvalue weighted by molar-refractivity contribution is 4.79. The lowest BCUT2D eigenvalue weighted by Gasteiger charge is -2.30. The highest BCUT2D eigenvalue weighted by atomic mass is 16.5. The molecule has 0 aliphatic carbocycles. The molecule has 1 atom stereocenters. The minimum absolute atomic E-state index is 0.0511. The molecule has 0 bridgehead atoms. The number of hydrogen-bond donors (Lipinski definition) is 1. The molecular weight excluding hydrogens is 178 g/mol. The normalized spacial score (nSPS) is 23.8. The molecule has 1 aliphatic heterocycles. The van der Waals surface area contributed by atoms with Crippen molar-refractivity contribution in [1.29, 1.82) is 0 Å². The Hall–Kier alpha value is -0.120. The molecule has 1 rings (SSSR count). The van der Waals surface area contributed by atoms with Crippen molar-refractivity contribution in [2.75, 3.05) is 26.9 Å². The SMILES string of the molecule is COCC(C)(C)NCC1CCCCO1. The Morgan fingerprint density at radius 1 is 1.43 bits per heavy atom. The van der Waals surface area contributed by atoms with Crippen LogP contribution in [0.1, 0.15) is 33.1 Å². The maximum Gasteiger partial charge on any atom is 0.0699 e. The van der Waals surface area contributed by atoms with Crippen molar-refractivity contribution in [3.8, 4) is 0 Å². The Morgan fingerprint density at radius 2 is 2.21 bits per heavy atom. The van der Waals surface area contributed by atoms with Crippen LogP contribution in [0.25, 0.3) is 0 Å². The Labute approximate surface area is 87.2 Å². The molecule has 0 spiro atoms. The highest BCUT2D eigenvalue weighted by Crippen LogP contribution is 2.13. The third kappa shape index (κ3) is 4.40. The van der Waals surface area contributed by atoms with E-state index in [0.29, 0.717) is 6.10 Å². The minimum atomic E-state index is 0.0511. The van der Waals surface area contributed by atoms with E-state index >= 15 is 0 Å². The van der Waals surface area contributed by atoms with Gasteiger partial charge in [-0.2, -0.15) is 0 Å². The second-order valence-corrected chi connectivity index (χ2v) is 4.69. The molecule has 0 amide bonds. The van der Waals surface area contributed by atoms with E-state index in [1.807, 2.05) is 0 Å². The van der Waals surface area contributed by atoms with Gasteiger partial charge in [0.05, 0.1) is 12.7 Å². The van der Waals surface area contributed by atoms with Gasteiger partial charge >= 0.3 is 0 Å². The van der Waals surface area contributed by atoms with E-state index in [1.165, 1.54) is 19.3 Å². The van der Waals surface area contributed by atoms with E-state index < -0.39 is 0 Å². The second-order valence-electron chi connectivity index (χ2n) is 4.69. The van der Waals surface area contributed by atoms with Crippen LogP contribution in [0.2, 0.25) is 0 Å². The third-order valence-electron chi connectivity index (χ3n) is 2.59. The Kier molecular flexibility index (Phi) is 4.85. The van der Waals surface area contributed by atoms with E-state index in [1.54, 1.807) is 7.11 Å². The first-order chi connectivity index (χ1) is 6.64. The van der Waals surface area contributed by atoms with E-state index in [4.69, 9.17) is 9.47 Å². The van der Waals surface area contributed by atoms with E-state index in [9.17, 15) is 0 Å². The van der Waals surface area contributed by atoms with Crippen molar-refractivity contribution < 1.29 is 9.47 Å². The zero-order valence-electron chi connectivity index (χ0n) is 9.64. The summed E-state index contributed by atoms with van der Waals surface area (Å²) in [7, 11) is 1.74. The molecule has 0 saturated carbocycles. The summed E-state index contributed by atoms with van der Waals surface area (Å²) in [6.45, 7) is 6.91. The average Bonchev–Trinajstić information content (AvgIpc) is 2.17. The lowest BCUT2D eigenvalue weighted by atomic mass is 10.0. The first-order valence-electron chi connectivity index (χ1n) is 5.49. The fourth-order valence-electron chi connectivity index (χ4n) is 1.77. The fourth-order valence-corrected chi connectivity index (χ4v) is 1.77. The van der Waals surface area contributed by atoms with Crippen molar-refractivity contribution in [3.63, 3.8) is 0 Å². The van der Waals surface area contributed by atoms with Crippen molar-refractivity contribution in [2.45, 2.75) is 44.8 Å². The van der Waals surface area contributed by atoms with Crippen LogP contribution in [-0.4, -0.2) is 38.5 Å². The molecule has 84 valence electrons. The van der Waals surface area contributed by atoms with Gasteiger partial charge in [0.15, 0.2) is 0 Å². The largest absolute Gasteiger partial charge is 0.383 e. The predicted octanol–water partition coefficient (Wildman–Crippen LogP) is 1.57. The van der Waals surface area contributed by atoms with Crippen LogP contribution >= 0.6 is 0 Å². The van der Waals surface area contributed by atoms with Crippen LogP contribution in [0.4, 0.5) is 0 Å². The molecule has 1 saturated heterocycles. The van der Waals surface area contributed by atoms with Crippen LogP contribution in [0.3, 0.4) is 0 Å². The summed E-state index contributed by atoms with van der Waals surface area (Å²) in [4.78, 5) is 0. The van der Waals surface area contributed by atoms with Crippen molar-refractivity contribution >= 4 is 0 Å². The number of nitrogens with one attached hydrogen (secondary N) is 1. The summed E-state index contributed by atoms with van der Waals surface area (Å²) >= 11 is 0. The average molecular weight is 201 g/mol. The Balaban J connectivity index is 2.17. The fraction of sp³-hybridized carbons (Fsp3) is 1.00. The first-order valence-corrected chi connectivity index (χ1v) is 5.49. The van der Waals surface area contributed by atoms with Gasteiger partial charge in [-0.25, -0.2) is 0 Å². The highest BCUT2D eigenvalue weighted by Gasteiger charge is 2.20. The quantitative estimate of drug-likeness (QED) is 0.732. The molecule has 0 radical (unpaired) electrons. The summed E-state index contributed by atoms with van der Waals surface area (Å²) in [5.41, 5.74) is 0.0511. The number of rotatable bonds is 5. The van der Waals surface area contributed by atoms with Crippen LogP contribution in [0.5, 0.6) is 0 Å². The summed E-state index contributed by atoms with van der Waals surface area (Å²) in [5, 5.41) is 3.48. The summed E-state index contributed by atoms with van der Waals surface area (Å²) in [5.74, 6) is 0. The summed E-state index contributed by atoms with van der Waals surface area (Å²) < 4.78 is 10.8. The van der Waals surface area contributed by atoms with Crippen molar-refractivity contribution in [2.24, 2.45) is 0 Å². The lowest BCUT2D eigenvalue weighted by molar-refractivity contribution is 0.00930. The number of methoxy groups -OCH3 is 1. The van der Waals surface area contributed by atoms with Gasteiger partial charge in [-0.15, -0.1) is 0 Å². The zero-order chi connectivity index (χ0) is 10.4. The molecule has 1 N–H and O–H groups in total. The van der Waals surface area contributed by atoms with Crippen LogP contribution < -0.4 is 5.32 Å². The van der Waals surface area contributed by atoms with E-state index in [0.717, 1.165) is 19.8 Å². The van der Waals surface area contributed by atoms with Gasteiger partial charge in [-0.1, -0.05) is 0 Å². The molecule has 1 heterocycles. The van der Waals surface area contributed by atoms with Gasteiger partial charge in [0.1, 0.15) is 0 Å². The predicted molar refractivity (Wildman–Crippen MR) is 57.5 cm³/mol. The van der Waals surface area contributed by atoms with Gasteiger partial charge < -0.3 is 14.8 Å². The third-order valence-corrected chi connectivity index (χ3v) is 2.59. The molecule has 3 heteroatoms. The molecule has 3 nitrogen and oxygen atoms in total. The van der Waals surface area contributed by atoms with E-state index in [2.05, 4.69) is 19.2 Å². The van der Waals surface area contributed by atoms with Gasteiger partial charge in [-0.3, -0.25) is 0 Å². The number of hydrogen-bond acceptors (Lipinski definition) is 3. The monoisotopic (exact) mass is 201 g/mol. The molecule has 14 heavy (non-hydrogen) atoms. The molecule has 0 aromatic heterocycles. The molecule has 1 unspecified atom stereocenters. The lowest BCUT2D eigenvalue weighted by Crippen LogP contribution is -2.47. The van der Waals surface area contributed by atoms with Crippen LogP contribution in [-0.2, 0) is 9.47 Å². The Bertz CT molecular complexity index is 153. The van der Waals surface area contributed by atoms with Gasteiger partial charge in [-0.05, 0) is 33.1 Å². The smallest absolute Gasteiger partial charge is 0.0699 e. The van der Waals surface area contributed by atoms with Crippen LogP contribution in [0, 0.1) is 0 Å². The maximum atomic E-state index is 5.65. The molecular formula is C11H23NO2. The molecule has 0 aromatic carbocycles. The standard InChI is InChI=1S/C11H23NO2/c1-11(2,9-13-3)12-8-10-6-4-5-7-14-10/h10,12H,4-9H2,1-3H3. The summed E-state index contributed by atoms with van der Waals surface area (Å²) in [6.07, 6.45) is 4.12. The molecule has 1 aliphatic rings. The van der Waals surface area contributed by atoms with Crippen LogP contribution in [0.15, 0.2) is 0 Å². The number of ether oxygens (including phenoxy) is 2. The topological polar surface area (TPSA) is 30.5 Å².